The first kappa shape index (κ1) is 9.85. The van der Waals surface area contributed by atoms with Crippen molar-refractivity contribution in [1.29, 1.82) is 0 Å². The predicted molar refractivity (Wildman–Crippen MR) is 58.5 cm³/mol. The predicted octanol–water partition coefficient (Wildman–Crippen LogP) is 1.81. The van der Waals surface area contributed by atoms with Gasteiger partial charge in [0.15, 0.2) is 0 Å². The monoisotopic (exact) mass is 218 g/mol. The number of esters is 1. The summed E-state index contributed by atoms with van der Waals surface area (Å²) in [5.74, 6) is 0.409. The number of fused-ring (bicyclic) bond motifs is 5. The van der Waals surface area contributed by atoms with Gasteiger partial charge < -0.3 is 9.84 Å². The van der Waals surface area contributed by atoms with Crippen molar-refractivity contribution in [2.45, 2.75) is 30.8 Å². The number of carbonyl (C=O) groups excluding carboxylic acids is 1. The molecule has 2 aliphatic carbocycles. The Hall–Kier alpha value is -1.35. The zero-order valence-electron chi connectivity index (χ0n) is 9.14. The van der Waals surface area contributed by atoms with Gasteiger partial charge in [-0.2, -0.15) is 0 Å². The van der Waals surface area contributed by atoms with Crippen LogP contribution in [0.25, 0.3) is 0 Å². The Balaban J connectivity index is 2.04. The standard InChI is InChI=1S/C13H14O3/c1-16-13(15)7-2-3-9-8-5-11(10(9)4-7)12(14)6-8/h2-4,8,11-12,14H,5-6H2,1H3/t8-,11-,12+/m1/s1. The number of aliphatic hydroxyl groups is 1. The molecule has 84 valence electrons. The average Bonchev–Trinajstić information content (AvgIpc) is 2.84. The smallest absolute Gasteiger partial charge is 0.337 e. The first-order valence-corrected chi connectivity index (χ1v) is 5.61. The highest BCUT2D eigenvalue weighted by Crippen LogP contribution is 2.53. The van der Waals surface area contributed by atoms with Crippen LogP contribution >= 0.6 is 0 Å². The topological polar surface area (TPSA) is 46.5 Å². The molecule has 1 saturated carbocycles. The molecule has 0 radical (unpaired) electrons. The van der Waals surface area contributed by atoms with Crippen LogP contribution in [0.4, 0.5) is 0 Å². The second-order valence-electron chi connectivity index (χ2n) is 4.68. The van der Waals surface area contributed by atoms with Crippen molar-refractivity contribution in [1.82, 2.24) is 0 Å². The molecular formula is C13H14O3. The second-order valence-corrected chi connectivity index (χ2v) is 4.68. The third-order valence-corrected chi connectivity index (χ3v) is 3.88. The van der Waals surface area contributed by atoms with Gasteiger partial charge in [-0.05, 0) is 42.0 Å². The highest BCUT2D eigenvalue weighted by molar-refractivity contribution is 5.89. The summed E-state index contributed by atoms with van der Waals surface area (Å²) in [5, 5.41) is 9.84. The highest BCUT2D eigenvalue weighted by Gasteiger charge is 2.43. The Morgan fingerprint density at radius 2 is 2.19 bits per heavy atom. The first-order chi connectivity index (χ1) is 7.70. The average molecular weight is 218 g/mol. The highest BCUT2D eigenvalue weighted by atomic mass is 16.5. The lowest BCUT2D eigenvalue weighted by atomic mass is 9.88. The number of methoxy groups -OCH3 is 1. The molecule has 0 amide bonds. The van der Waals surface area contributed by atoms with Crippen LogP contribution in [0, 0.1) is 0 Å². The van der Waals surface area contributed by atoms with E-state index in [4.69, 9.17) is 4.74 Å². The fraction of sp³-hybridized carbons (Fsp3) is 0.462. The van der Waals surface area contributed by atoms with Crippen LogP contribution in [0.5, 0.6) is 0 Å². The molecule has 3 heteroatoms. The van der Waals surface area contributed by atoms with Gasteiger partial charge in [-0.1, -0.05) is 6.07 Å². The quantitative estimate of drug-likeness (QED) is 0.731. The van der Waals surface area contributed by atoms with Crippen molar-refractivity contribution in [3.63, 3.8) is 0 Å². The van der Waals surface area contributed by atoms with Crippen molar-refractivity contribution in [3.8, 4) is 0 Å². The number of carbonyl (C=O) groups is 1. The van der Waals surface area contributed by atoms with Gasteiger partial charge in [0.25, 0.3) is 0 Å². The molecule has 3 atom stereocenters. The number of ether oxygens (including phenoxy) is 1. The van der Waals surface area contributed by atoms with Gasteiger partial charge in [0.1, 0.15) is 0 Å². The maximum atomic E-state index is 11.4. The molecule has 0 aromatic heterocycles. The number of hydrogen-bond acceptors (Lipinski definition) is 3. The van der Waals surface area contributed by atoms with E-state index in [0.717, 1.165) is 18.4 Å². The molecule has 3 rings (SSSR count). The van der Waals surface area contributed by atoms with Crippen molar-refractivity contribution < 1.29 is 14.6 Å². The number of benzene rings is 1. The zero-order chi connectivity index (χ0) is 11.3. The molecule has 0 saturated heterocycles. The SMILES string of the molecule is COC(=O)c1ccc2c(c1)[C@H]1C[C@@H]2C[C@@H]1O. The van der Waals surface area contributed by atoms with Crippen molar-refractivity contribution in [2.24, 2.45) is 0 Å². The molecule has 1 aromatic carbocycles. The van der Waals surface area contributed by atoms with Crippen LogP contribution in [-0.2, 0) is 4.74 Å². The van der Waals surface area contributed by atoms with Crippen LogP contribution in [-0.4, -0.2) is 24.3 Å². The van der Waals surface area contributed by atoms with E-state index in [9.17, 15) is 9.90 Å². The molecule has 1 N–H and O–H groups in total. The summed E-state index contributed by atoms with van der Waals surface area (Å²) in [7, 11) is 1.39. The van der Waals surface area contributed by atoms with E-state index in [1.54, 1.807) is 0 Å². The Morgan fingerprint density at radius 3 is 2.94 bits per heavy atom. The molecule has 0 aliphatic heterocycles. The Kier molecular flexibility index (Phi) is 2.04. The molecule has 1 fully saturated rings. The number of rotatable bonds is 1. The molecule has 16 heavy (non-hydrogen) atoms. The molecule has 1 aromatic rings. The third kappa shape index (κ3) is 1.21. The van der Waals surface area contributed by atoms with Gasteiger partial charge in [0.05, 0.1) is 18.8 Å². The summed E-state index contributed by atoms with van der Waals surface area (Å²) in [6.45, 7) is 0. The fourth-order valence-corrected chi connectivity index (χ4v) is 3.12. The molecule has 2 aliphatic rings. The Morgan fingerprint density at radius 1 is 1.38 bits per heavy atom. The number of aliphatic hydroxyl groups excluding tert-OH is 1. The van der Waals surface area contributed by atoms with Gasteiger partial charge in [0.2, 0.25) is 0 Å². The minimum absolute atomic E-state index is 0.226. The largest absolute Gasteiger partial charge is 0.465 e. The minimum Gasteiger partial charge on any atom is -0.465 e. The lowest BCUT2D eigenvalue weighted by molar-refractivity contribution is 0.0600. The summed E-state index contributed by atoms with van der Waals surface area (Å²) >= 11 is 0. The Bertz CT molecular complexity index is 452. The van der Waals surface area contributed by atoms with E-state index < -0.39 is 0 Å². The van der Waals surface area contributed by atoms with E-state index >= 15 is 0 Å². The summed E-state index contributed by atoms with van der Waals surface area (Å²) in [6, 6.07) is 5.71. The molecule has 0 heterocycles. The van der Waals surface area contributed by atoms with E-state index in [1.165, 1.54) is 12.7 Å². The maximum Gasteiger partial charge on any atom is 0.337 e. The van der Waals surface area contributed by atoms with Gasteiger partial charge >= 0.3 is 5.97 Å². The molecule has 2 bridgehead atoms. The van der Waals surface area contributed by atoms with E-state index in [-0.39, 0.29) is 18.0 Å². The van der Waals surface area contributed by atoms with Gasteiger partial charge in [-0.15, -0.1) is 0 Å². The zero-order valence-corrected chi connectivity index (χ0v) is 9.14. The van der Waals surface area contributed by atoms with Gasteiger partial charge in [0, 0.05) is 5.92 Å². The van der Waals surface area contributed by atoms with Gasteiger partial charge in [-0.25, -0.2) is 4.79 Å². The summed E-state index contributed by atoms with van der Waals surface area (Å²) in [4.78, 5) is 11.4. The lowest BCUT2D eigenvalue weighted by Gasteiger charge is -2.20. The third-order valence-electron chi connectivity index (χ3n) is 3.88. The normalized spacial score (nSPS) is 30.2. The van der Waals surface area contributed by atoms with Crippen molar-refractivity contribution in [3.05, 3.63) is 34.9 Å². The maximum absolute atomic E-state index is 11.4. The number of hydrogen-bond donors (Lipinski definition) is 1. The second kappa shape index (κ2) is 3.32. The molecular weight excluding hydrogens is 204 g/mol. The van der Waals surface area contributed by atoms with Crippen LogP contribution in [0.15, 0.2) is 18.2 Å². The van der Waals surface area contributed by atoms with Crippen molar-refractivity contribution >= 4 is 5.97 Å². The van der Waals surface area contributed by atoms with E-state index in [2.05, 4.69) is 0 Å². The fourth-order valence-electron chi connectivity index (χ4n) is 3.12. The van der Waals surface area contributed by atoms with Gasteiger partial charge in [-0.3, -0.25) is 0 Å². The van der Waals surface area contributed by atoms with Crippen LogP contribution in [0.3, 0.4) is 0 Å². The first-order valence-electron chi connectivity index (χ1n) is 5.61. The summed E-state index contributed by atoms with van der Waals surface area (Å²) < 4.78 is 4.70. The van der Waals surface area contributed by atoms with E-state index in [0.29, 0.717) is 11.5 Å². The molecule has 0 unspecified atom stereocenters. The van der Waals surface area contributed by atoms with Crippen LogP contribution in [0.1, 0.15) is 46.2 Å². The summed E-state index contributed by atoms with van der Waals surface area (Å²) in [5.41, 5.74) is 3.04. The summed E-state index contributed by atoms with van der Waals surface area (Å²) in [6.07, 6.45) is 1.67. The Labute approximate surface area is 94.0 Å². The van der Waals surface area contributed by atoms with Crippen molar-refractivity contribution in [2.75, 3.05) is 7.11 Å². The van der Waals surface area contributed by atoms with E-state index in [1.807, 2.05) is 18.2 Å². The minimum atomic E-state index is -0.305. The molecule has 3 nitrogen and oxygen atoms in total. The lowest BCUT2D eigenvalue weighted by Crippen LogP contribution is -2.16. The van der Waals surface area contributed by atoms with Crippen LogP contribution in [0.2, 0.25) is 0 Å². The van der Waals surface area contributed by atoms with Crippen LogP contribution < -0.4 is 0 Å². The molecule has 0 spiro atoms.